The van der Waals surface area contributed by atoms with Gasteiger partial charge >= 0.3 is 0 Å². The number of ether oxygens (including phenoxy) is 1. The molecule has 1 aliphatic rings. The Bertz CT molecular complexity index is 1350. The summed E-state index contributed by atoms with van der Waals surface area (Å²) in [6.45, 7) is 3.90. The molecule has 0 N–H and O–H groups in total. The number of halogens is 3. The van der Waals surface area contributed by atoms with Crippen LogP contribution in [0.25, 0.3) is 5.69 Å². The number of aromatic nitrogens is 2. The molecule has 2 heterocycles. The second kappa shape index (κ2) is 8.79. The van der Waals surface area contributed by atoms with Crippen LogP contribution in [0.15, 0.2) is 47.5 Å². The third kappa shape index (κ3) is 4.65. The van der Waals surface area contributed by atoms with E-state index in [9.17, 15) is 26.4 Å². The maximum atomic E-state index is 13.6. The number of fused-ring (bicyclic) bond motifs is 1. The monoisotopic (exact) mass is 493 g/mol. The number of benzene rings is 2. The third-order valence-corrected chi connectivity index (χ3v) is 6.43. The van der Waals surface area contributed by atoms with Crippen LogP contribution in [0.4, 0.5) is 13.2 Å². The van der Waals surface area contributed by atoms with Gasteiger partial charge in [-0.3, -0.25) is 4.79 Å². The fourth-order valence-corrected chi connectivity index (χ4v) is 4.35. The predicted octanol–water partition coefficient (Wildman–Crippen LogP) is 4.30. The van der Waals surface area contributed by atoms with Crippen molar-refractivity contribution in [2.45, 2.75) is 44.4 Å². The number of amides is 1. The molecule has 0 radical (unpaired) electrons. The molecule has 0 fully saturated rings. The van der Waals surface area contributed by atoms with Crippen molar-refractivity contribution in [3.63, 3.8) is 0 Å². The summed E-state index contributed by atoms with van der Waals surface area (Å²) >= 11 is 0. The molecule has 1 aliphatic heterocycles. The van der Waals surface area contributed by atoms with Gasteiger partial charge in [-0.1, -0.05) is 0 Å². The molecule has 1 aromatic heterocycles. The number of sulfone groups is 1. The van der Waals surface area contributed by atoms with Gasteiger partial charge < -0.3 is 9.64 Å². The number of hydrogen-bond donors (Lipinski definition) is 0. The normalized spacial score (nSPS) is 13.6. The summed E-state index contributed by atoms with van der Waals surface area (Å²) in [7, 11) is -3.54. The summed E-state index contributed by atoms with van der Waals surface area (Å²) in [5, 5.41) is 4.37. The average molecular weight is 494 g/mol. The highest BCUT2D eigenvalue weighted by Gasteiger charge is 2.30. The zero-order valence-corrected chi connectivity index (χ0v) is 19.4. The number of carbonyl (C=O) groups is 1. The summed E-state index contributed by atoms with van der Waals surface area (Å²) < 4.78 is 70.8. The lowest BCUT2D eigenvalue weighted by Crippen LogP contribution is -2.27. The van der Waals surface area contributed by atoms with Gasteiger partial charge in [-0.25, -0.2) is 26.3 Å². The average Bonchev–Trinajstić information content (AvgIpc) is 3.32. The molecule has 3 aromatic rings. The second-order valence-electron chi connectivity index (χ2n) is 8.31. The minimum absolute atomic E-state index is 0.000206. The lowest BCUT2D eigenvalue weighted by molar-refractivity contribution is 0.0742. The second-order valence-corrected chi connectivity index (χ2v) is 10.3. The molecule has 180 valence electrons. The number of nitrogens with zero attached hydrogens (tertiary/aromatic N) is 3. The molecule has 2 aromatic carbocycles. The third-order valence-electron chi connectivity index (χ3n) is 5.32. The highest BCUT2D eigenvalue weighted by molar-refractivity contribution is 7.90. The lowest BCUT2D eigenvalue weighted by Gasteiger charge is -2.20. The van der Waals surface area contributed by atoms with Gasteiger partial charge in [-0.05, 0) is 50.2 Å². The molecule has 4 rings (SSSR count). The van der Waals surface area contributed by atoms with Crippen LogP contribution in [0.3, 0.4) is 0 Å². The standard InChI is InChI=1S/C23H22F3N3O4S/c1-13(2)33-21-7-5-16(34(3,31)32)9-18(21)23(30)28-10-14-11-29(27-20(14)12-28)15-4-6-19(24)17(8-15)22(25)26/h4-9,11,13,22H,10,12H2,1-3H3. The zero-order valence-electron chi connectivity index (χ0n) is 18.6. The highest BCUT2D eigenvalue weighted by atomic mass is 32.2. The molecule has 7 nitrogen and oxygen atoms in total. The van der Waals surface area contributed by atoms with Gasteiger partial charge in [0.25, 0.3) is 12.3 Å². The lowest BCUT2D eigenvalue weighted by atomic mass is 10.1. The van der Waals surface area contributed by atoms with Gasteiger partial charge in [0.2, 0.25) is 0 Å². The van der Waals surface area contributed by atoms with E-state index in [0.29, 0.717) is 11.3 Å². The van der Waals surface area contributed by atoms with Crippen LogP contribution < -0.4 is 4.74 Å². The molecule has 34 heavy (non-hydrogen) atoms. The first-order chi connectivity index (χ1) is 15.9. The minimum Gasteiger partial charge on any atom is -0.490 e. The fourth-order valence-electron chi connectivity index (χ4n) is 3.70. The van der Waals surface area contributed by atoms with Gasteiger partial charge in [0.15, 0.2) is 9.84 Å². The topological polar surface area (TPSA) is 81.5 Å². The molecular weight excluding hydrogens is 471 g/mol. The number of carbonyl (C=O) groups excluding carboxylic acids is 1. The van der Waals surface area contributed by atoms with E-state index in [4.69, 9.17) is 4.74 Å². The van der Waals surface area contributed by atoms with Crippen LogP contribution in [0.2, 0.25) is 0 Å². The summed E-state index contributed by atoms with van der Waals surface area (Å²) in [4.78, 5) is 14.8. The SMILES string of the molecule is CC(C)Oc1ccc(S(C)(=O)=O)cc1C(=O)N1Cc2cn(-c3ccc(F)c(C(F)F)c3)nc2C1. The molecule has 0 saturated carbocycles. The van der Waals surface area contributed by atoms with Crippen LogP contribution in [-0.2, 0) is 22.9 Å². The van der Waals surface area contributed by atoms with Gasteiger partial charge in [0.1, 0.15) is 11.6 Å². The van der Waals surface area contributed by atoms with Gasteiger partial charge in [0, 0.05) is 24.6 Å². The Hall–Kier alpha value is -3.34. The summed E-state index contributed by atoms with van der Waals surface area (Å²) in [6, 6.07) is 7.51. The minimum atomic E-state index is -3.54. The fraction of sp³-hybridized carbons (Fsp3) is 0.304. The summed E-state index contributed by atoms with van der Waals surface area (Å²) in [6.07, 6.45) is -0.532. The Labute approximate surface area is 194 Å². The molecule has 0 unspecified atom stereocenters. The van der Waals surface area contributed by atoms with E-state index in [1.807, 2.05) is 0 Å². The van der Waals surface area contributed by atoms with Crippen molar-refractivity contribution < 1.29 is 31.1 Å². The van der Waals surface area contributed by atoms with Crippen molar-refractivity contribution in [2.24, 2.45) is 0 Å². The van der Waals surface area contributed by atoms with Crippen LogP contribution in [0.1, 0.15) is 47.5 Å². The first-order valence-corrected chi connectivity index (χ1v) is 12.3. The molecule has 0 bridgehead atoms. The van der Waals surface area contributed by atoms with E-state index in [1.165, 1.54) is 33.8 Å². The van der Waals surface area contributed by atoms with Crippen molar-refractivity contribution in [3.05, 3.63) is 70.8 Å². The van der Waals surface area contributed by atoms with E-state index in [2.05, 4.69) is 5.10 Å². The van der Waals surface area contributed by atoms with E-state index in [1.54, 1.807) is 20.0 Å². The van der Waals surface area contributed by atoms with E-state index >= 15 is 0 Å². The molecule has 0 saturated heterocycles. The van der Waals surface area contributed by atoms with Crippen LogP contribution in [0.5, 0.6) is 5.75 Å². The van der Waals surface area contributed by atoms with Crippen molar-refractivity contribution in [3.8, 4) is 11.4 Å². The number of hydrogen-bond acceptors (Lipinski definition) is 5. The van der Waals surface area contributed by atoms with Crippen LogP contribution in [0, 0.1) is 5.82 Å². The van der Waals surface area contributed by atoms with Crippen molar-refractivity contribution in [1.29, 1.82) is 0 Å². The van der Waals surface area contributed by atoms with E-state index in [-0.39, 0.29) is 41.1 Å². The van der Waals surface area contributed by atoms with Gasteiger partial charge in [-0.2, -0.15) is 5.10 Å². The molecule has 0 aliphatic carbocycles. The van der Waals surface area contributed by atoms with Crippen LogP contribution in [-0.4, -0.2) is 41.4 Å². The summed E-state index contributed by atoms with van der Waals surface area (Å²) in [5.74, 6) is -1.15. The molecule has 1 amide bonds. The molecule has 11 heteroatoms. The van der Waals surface area contributed by atoms with Gasteiger partial charge in [-0.15, -0.1) is 0 Å². The largest absolute Gasteiger partial charge is 0.490 e. The Morgan fingerprint density at radius 2 is 1.85 bits per heavy atom. The number of rotatable bonds is 6. The summed E-state index contributed by atoms with van der Waals surface area (Å²) in [5.41, 5.74) is 0.935. The Morgan fingerprint density at radius 3 is 2.47 bits per heavy atom. The van der Waals surface area contributed by atoms with Gasteiger partial charge in [0.05, 0.1) is 40.1 Å². The maximum absolute atomic E-state index is 13.6. The quantitative estimate of drug-likeness (QED) is 0.512. The first kappa shape index (κ1) is 23.8. The highest BCUT2D eigenvalue weighted by Crippen LogP contribution is 2.31. The van der Waals surface area contributed by atoms with Crippen molar-refractivity contribution in [1.82, 2.24) is 14.7 Å². The molecule has 0 spiro atoms. The Balaban J connectivity index is 1.61. The number of alkyl halides is 2. The zero-order chi connectivity index (χ0) is 24.8. The van der Waals surface area contributed by atoms with Crippen LogP contribution >= 0.6 is 0 Å². The maximum Gasteiger partial charge on any atom is 0.266 e. The van der Waals surface area contributed by atoms with Crippen molar-refractivity contribution in [2.75, 3.05) is 6.26 Å². The predicted molar refractivity (Wildman–Crippen MR) is 117 cm³/mol. The smallest absolute Gasteiger partial charge is 0.266 e. The van der Waals surface area contributed by atoms with E-state index < -0.39 is 33.6 Å². The Kier molecular flexibility index (Phi) is 6.15. The Morgan fingerprint density at radius 1 is 1.12 bits per heavy atom. The molecule has 0 atom stereocenters. The first-order valence-electron chi connectivity index (χ1n) is 10.4. The van der Waals surface area contributed by atoms with E-state index in [0.717, 1.165) is 18.4 Å². The molecular formula is C23H22F3N3O4S. The van der Waals surface area contributed by atoms with Crippen molar-refractivity contribution >= 4 is 15.7 Å².